The number of aromatic nitrogens is 2. The third kappa shape index (κ3) is 7.26. The van der Waals surface area contributed by atoms with E-state index >= 15 is 0 Å². The maximum absolute atomic E-state index is 12.4. The van der Waals surface area contributed by atoms with E-state index in [4.69, 9.17) is 0 Å². The summed E-state index contributed by atoms with van der Waals surface area (Å²) in [6, 6.07) is 5.21. The van der Waals surface area contributed by atoms with Crippen LogP contribution in [0.3, 0.4) is 0 Å². The van der Waals surface area contributed by atoms with Gasteiger partial charge >= 0.3 is 12.4 Å². The van der Waals surface area contributed by atoms with Crippen LogP contribution in [0.25, 0.3) is 0 Å². The van der Waals surface area contributed by atoms with Crippen LogP contribution in [0.15, 0.2) is 33.9 Å². The summed E-state index contributed by atoms with van der Waals surface area (Å²) in [5.41, 5.74) is 1.34. The molecule has 0 spiro atoms. The average molecular weight is 492 g/mol. The fourth-order valence-electron chi connectivity index (χ4n) is 1.75. The summed E-state index contributed by atoms with van der Waals surface area (Å²) in [5.74, 6) is -1.12. The number of halogens is 7. The molecule has 0 bridgehead atoms. The zero-order valence-electron chi connectivity index (χ0n) is 14.0. The Balaban J connectivity index is 2.28. The highest BCUT2D eigenvalue weighted by Crippen LogP contribution is 2.37. The van der Waals surface area contributed by atoms with Gasteiger partial charge in [0.05, 0.1) is 0 Å². The molecule has 5 nitrogen and oxygen atoms in total. The number of nitrogens with zero attached hydrogens (tertiary/aromatic N) is 2. The topological polar surface area (TPSA) is 56.3 Å². The number of nitrogens with one attached hydrogen (secondary N) is 1. The number of anilines is 1. The van der Waals surface area contributed by atoms with Gasteiger partial charge in [0.2, 0.25) is 11.8 Å². The predicted molar refractivity (Wildman–Crippen MR) is 93.5 cm³/mol. The normalized spacial score (nSPS) is 12.0. The van der Waals surface area contributed by atoms with Crippen molar-refractivity contribution in [3.05, 3.63) is 34.6 Å². The lowest BCUT2D eigenvalue weighted by molar-refractivity contribution is -0.155. The Bertz CT molecular complexity index is 783. The van der Waals surface area contributed by atoms with Crippen LogP contribution in [0, 0.1) is 6.92 Å². The fraction of sp³-hybridized carbons (Fsp3) is 0.333. The molecule has 0 aliphatic carbocycles. The Morgan fingerprint density at radius 3 is 2.04 bits per heavy atom. The minimum absolute atomic E-state index is 0.254. The van der Waals surface area contributed by atoms with E-state index < -0.39 is 37.3 Å². The summed E-state index contributed by atoms with van der Waals surface area (Å²) in [6.45, 7) is -1.59. The molecule has 154 valence electrons. The molecule has 1 N–H and O–H groups in total. The Hall–Kier alpha value is -1.89. The lowest BCUT2D eigenvalue weighted by Gasteiger charge is -2.16. The van der Waals surface area contributed by atoms with E-state index in [9.17, 15) is 26.3 Å². The molecule has 2 aromatic rings. The van der Waals surface area contributed by atoms with Gasteiger partial charge in [0, 0.05) is 10.2 Å². The van der Waals surface area contributed by atoms with E-state index in [1.807, 2.05) is 0 Å². The van der Waals surface area contributed by atoms with Gasteiger partial charge in [-0.3, -0.25) is 0 Å². The molecule has 28 heavy (non-hydrogen) atoms. The maximum Gasteiger partial charge on any atom is 0.422 e. The van der Waals surface area contributed by atoms with Crippen molar-refractivity contribution in [1.82, 2.24) is 9.97 Å². The van der Waals surface area contributed by atoms with Crippen LogP contribution in [0.5, 0.6) is 11.8 Å². The summed E-state index contributed by atoms with van der Waals surface area (Å²) >= 11 is 3.94. The van der Waals surface area contributed by atoms with E-state index in [1.54, 1.807) is 25.1 Å². The van der Waals surface area contributed by atoms with Crippen molar-refractivity contribution in [2.75, 3.05) is 17.9 Å². The molecule has 0 amide bonds. The van der Waals surface area contributed by atoms with E-state index in [1.165, 1.54) is 0 Å². The summed E-state index contributed by atoms with van der Waals surface area (Å²) in [5, 5.41) is 0. The number of benzene rings is 1. The largest absolute Gasteiger partial charge is 0.467 e. The Labute approximate surface area is 168 Å². The van der Waals surface area contributed by atoms with Crippen molar-refractivity contribution in [3.8, 4) is 11.8 Å². The minimum atomic E-state index is -4.66. The van der Waals surface area contributed by atoms with Crippen LogP contribution in [0.2, 0.25) is 0 Å². The van der Waals surface area contributed by atoms with Crippen LogP contribution in [-0.4, -0.2) is 35.5 Å². The lowest BCUT2D eigenvalue weighted by atomic mass is 10.2. The number of alkyl halides is 6. The second-order valence-electron chi connectivity index (χ2n) is 5.28. The molecule has 0 radical (unpaired) electrons. The SMILES string of the molecule is Cc1ccc(Br)cc1NSc1c(OCC(F)(F)F)ncnc1OCC(F)(F)F. The van der Waals surface area contributed by atoms with Crippen molar-refractivity contribution >= 4 is 33.6 Å². The second-order valence-corrected chi connectivity index (χ2v) is 7.02. The van der Waals surface area contributed by atoms with Crippen molar-refractivity contribution in [2.24, 2.45) is 0 Å². The van der Waals surface area contributed by atoms with Gasteiger partial charge in [0.1, 0.15) is 6.33 Å². The van der Waals surface area contributed by atoms with Crippen molar-refractivity contribution in [3.63, 3.8) is 0 Å². The number of hydrogen-bond acceptors (Lipinski definition) is 6. The molecule has 0 saturated carbocycles. The fourth-order valence-corrected chi connectivity index (χ4v) is 2.94. The molecule has 0 saturated heterocycles. The Kier molecular flexibility index (Phi) is 7.26. The van der Waals surface area contributed by atoms with Gasteiger partial charge in [-0.1, -0.05) is 22.0 Å². The number of aryl methyl sites for hydroxylation is 1. The first-order valence-corrected chi connectivity index (χ1v) is 8.98. The molecule has 0 aliphatic heterocycles. The standard InChI is InChI=1S/C15H12BrF6N3O2S/c1-8-2-3-9(16)4-10(8)25-28-11-12(26-5-14(17,18)19)23-7-24-13(11)27-6-15(20,21)22/h2-4,7,25H,5-6H2,1H3. The number of ether oxygens (including phenoxy) is 2. The van der Waals surface area contributed by atoms with Crippen LogP contribution < -0.4 is 14.2 Å². The molecular formula is C15H12BrF6N3O2S. The summed E-state index contributed by atoms with van der Waals surface area (Å²) in [7, 11) is 0. The van der Waals surface area contributed by atoms with E-state index in [2.05, 4.69) is 40.1 Å². The summed E-state index contributed by atoms with van der Waals surface area (Å²) in [4.78, 5) is 6.89. The van der Waals surface area contributed by atoms with Crippen LogP contribution >= 0.6 is 27.9 Å². The highest BCUT2D eigenvalue weighted by Gasteiger charge is 2.32. The molecule has 1 aromatic heterocycles. The van der Waals surface area contributed by atoms with Gasteiger partial charge in [-0.2, -0.15) is 26.3 Å². The zero-order chi connectivity index (χ0) is 20.9. The van der Waals surface area contributed by atoms with E-state index in [0.717, 1.165) is 11.9 Å². The number of rotatable bonds is 7. The smallest absolute Gasteiger partial charge is 0.422 e. The van der Waals surface area contributed by atoms with Gasteiger partial charge in [-0.15, -0.1) is 0 Å². The zero-order valence-corrected chi connectivity index (χ0v) is 16.4. The highest BCUT2D eigenvalue weighted by molar-refractivity contribution is 9.10. The van der Waals surface area contributed by atoms with Crippen LogP contribution in [-0.2, 0) is 0 Å². The molecule has 1 aromatic carbocycles. The molecule has 1 heterocycles. The molecule has 0 aliphatic rings. The quantitative estimate of drug-likeness (QED) is 0.404. The van der Waals surface area contributed by atoms with Crippen molar-refractivity contribution in [1.29, 1.82) is 0 Å². The van der Waals surface area contributed by atoms with Gasteiger partial charge in [-0.25, -0.2) is 9.97 Å². The Morgan fingerprint density at radius 2 is 1.54 bits per heavy atom. The maximum atomic E-state index is 12.4. The summed E-state index contributed by atoms with van der Waals surface area (Å²) < 4.78 is 87.5. The molecule has 0 atom stereocenters. The monoisotopic (exact) mass is 491 g/mol. The molecule has 0 unspecified atom stereocenters. The van der Waals surface area contributed by atoms with E-state index in [-0.39, 0.29) is 4.90 Å². The van der Waals surface area contributed by atoms with Crippen molar-refractivity contribution < 1.29 is 35.8 Å². The molecule has 0 fully saturated rings. The molecule has 2 rings (SSSR count). The average Bonchev–Trinajstić information content (AvgIpc) is 2.58. The summed E-state index contributed by atoms with van der Waals surface area (Å²) in [6.07, 6.45) is -8.56. The third-order valence-electron chi connectivity index (χ3n) is 2.95. The molecular weight excluding hydrogens is 480 g/mol. The van der Waals surface area contributed by atoms with Gasteiger partial charge in [0.25, 0.3) is 0 Å². The third-order valence-corrected chi connectivity index (χ3v) is 4.31. The molecule has 13 heteroatoms. The van der Waals surface area contributed by atoms with Crippen molar-refractivity contribution in [2.45, 2.75) is 24.2 Å². The second kappa shape index (κ2) is 9.07. The van der Waals surface area contributed by atoms with Gasteiger partial charge in [-0.05, 0) is 36.6 Å². The first-order valence-electron chi connectivity index (χ1n) is 7.38. The highest BCUT2D eigenvalue weighted by atomic mass is 79.9. The number of hydrogen-bond donors (Lipinski definition) is 1. The lowest BCUT2D eigenvalue weighted by Crippen LogP contribution is -2.21. The van der Waals surface area contributed by atoms with Gasteiger partial charge in [0.15, 0.2) is 18.1 Å². The first-order chi connectivity index (χ1) is 12.9. The minimum Gasteiger partial charge on any atom is -0.467 e. The Morgan fingerprint density at radius 1 is 1.00 bits per heavy atom. The predicted octanol–water partition coefficient (Wildman–Crippen LogP) is 5.55. The van der Waals surface area contributed by atoms with E-state index in [0.29, 0.717) is 22.1 Å². The van der Waals surface area contributed by atoms with Gasteiger partial charge < -0.3 is 14.2 Å². The van der Waals surface area contributed by atoms with Crippen LogP contribution in [0.1, 0.15) is 5.56 Å². The van der Waals surface area contributed by atoms with Crippen LogP contribution in [0.4, 0.5) is 32.0 Å². The first kappa shape index (κ1) is 22.4.